The molecule has 5 rings (SSSR count). The Bertz CT molecular complexity index is 1270. The van der Waals surface area contributed by atoms with Gasteiger partial charge in [-0.2, -0.15) is 0 Å². The molecule has 4 aromatic rings. The van der Waals surface area contributed by atoms with E-state index in [0.717, 1.165) is 41.3 Å². The Hall–Kier alpha value is -4.63. The van der Waals surface area contributed by atoms with Crippen LogP contribution in [-0.2, 0) is 0 Å². The number of rotatable bonds is 8. The topological polar surface area (TPSA) is 27.6 Å². The summed E-state index contributed by atoms with van der Waals surface area (Å²) in [5, 5.41) is 3.52. The van der Waals surface area contributed by atoms with Crippen LogP contribution >= 0.6 is 0 Å². The van der Waals surface area contributed by atoms with Crippen molar-refractivity contribution in [2.75, 3.05) is 16.8 Å². The van der Waals surface area contributed by atoms with Crippen molar-refractivity contribution in [3.63, 3.8) is 0 Å². The first-order chi connectivity index (χ1) is 19.3. The summed E-state index contributed by atoms with van der Waals surface area (Å²) in [5.74, 6) is 0.552. The predicted molar refractivity (Wildman–Crippen MR) is 172 cm³/mol. The average Bonchev–Trinajstić information content (AvgIpc) is 3.03. The maximum atomic E-state index is 4.62. The monoisotopic (exact) mass is 513 g/mol. The minimum Gasteiger partial charge on any atom is -0.383 e. The van der Waals surface area contributed by atoms with Gasteiger partial charge in [0.05, 0.1) is 11.4 Å². The molecule has 198 valence electrons. The van der Waals surface area contributed by atoms with E-state index < -0.39 is 0 Å². The van der Waals surface area contributed by atoms with E-state index in [1.807, 2.05) is 99.1 Å². The molecule has 3 heteroatoms. The maximum Gasteiger partial charge on any atom is 0.0861 e. The standard InChI is InChI=1S/C20H20N2.C14H13N.C2H6/c1-3-9-17(10-4-1)15-21-19-13-7-8-14-20(19)22-16-18-11-5-2-6-12-18;1-2-15(13-9-5-3-6-10-13)14-11-7-4-8-12-14;1-2/h1-11,13-15,18,22H,12,16H2;2-12H,1H2;1-2H3. The van der Waals surface area contributed by atoms with Crippen molar-refractivity contribution < 1.29 is 0 Å². The largest absolute Gasteiger partial charge is 0.383 e. The zero-order valence-corrected chi connectivity index (χ0v) is 23.0. The van der Waals surface area contributed by atoms with Gasteiger partial charge in [0.25, 0.3) is 0 Å². The van der Waals surface area contributed by atoms with Crippen LogP contribution in [0.4, 0.5) is 22.7 Å². The molecule has 39 heavy (non-hydrogen) atoms. The summed E-state index contributed by atoms with van der Waals surface area (Å²) in [6, 6.07) is 38.7. The van der Waals surface area contributed by atoms with Crippen molar-refractivity contribution in [3.05, 3.63) is 158 Å². The Balaban J connectivity index is 0.000000216. The number of para-hydroxylation sites is 4. The van der Waals surface area contributed by atoms with Crippen molar-refractivity contribution in [1.29, 1.82) is 0 Å². The third-order valence-corrected chi connectivity index (χ3v) is 5.93. The number of benzene rings is 4. The fourth-order valence-electron chi connectivity index (χ4n) is 3.98. The van der Waals surface area contributed by atoms with Gasteiger partial charge < -0.3 is 10.2 Å². The molecule has 0 saturated carbocycles. The smallest absolute Gasteiger partial charge is 0.0861 e. The number of nitrogens with zero attached hydrogens (tertiary/aromatic N) is 2. The molecular formula is C36H39N3. The summed E-state index contributed by atoms with van der Waals surface area (Å²) in [7, 11) is 0. The molecule has 1 aliphatic carbocycles. The number of aliphatic imine (C=N–C) groups is 1. The van der Waals surface area contributed by atoms with Crippen LogP contribution in [0, 0.1) is 5.92 Å². The molecule has 1 aliphatic rings. The van der Waals surface area contributed by atoms with Crippen molar-refractivity contribution >= 4 is 29.0 Å². The van der Waals surface area contributed by atoms with Gasteiger partial charge >= 0.3 is 0 Å². The minimum atomic E-state index is 0.552. The summed E-state index contributed by atoms with van der Waals surface area (Å²) < 4.78 is 0. The van der Waals surface area contributed by atoms with Gasteiger partial charge in [-0.1, -0.05) is 124 Å². The summed E-state index contributed by atoms with van der Waals surface area (Å²) in [6.45, 7) is 8.77. The second kappa shape index (κ2) is 17.0. The second-order valence-corrected chi connectivity index (χ2v) is 8.60. The zero-order valence-electron chi connectivity index (χ0n) is 23.0. The van der Waals surface area contributed by atoms with Gasteiger partial charge in [-0.25, -0.2) is 0 Å². The SMILES string of the molecule is C1=CCC(CNc2ccccc2N=Cc2ccccc2)C=C1.C=CN(c1ccccc1)c1ccccc1.CC. The molecule has 0 bridgehead atoms. The summed E-state index contributed by atoms with van der Waals surface area (Å²) >= 11 is 0. The summed E-state index contributed by atoms with van der Waals surface area (Å²) in [4.78, 5) is 6.68. The molecule has 0 aliphatic heterocycles. The van der Waals surface area contributed by atoms with E-state index in [9.17, 15) is 0 Å². The molecule has 1 N–H and O–H groups in total. The molecule has 0 saturated heterocycles. The van der Waals surface area contributed by atoms with Crippen LogP contribution in [0.15, 0.2) is 157 Å². The Morgan fingerprint density at radius 1 is 0.769 bits per heavy atom. The third-order valence-electron chi connectivity index (χ3n) is 5.93. The molecule has 0 amide bonds. The van der Waals surface area contributed by atoms with Gasteiger partial charge in [0.15, 0.2) is 0 Å². The molecule has 4 aromatic carbocycles. The van der Waals surface area contributed by atoms with Crippen molar-refractivity contribution in [2.45, 2.75) is 20.3 Å². The normalized spacial score (nSPS) is 13.4. The first-order valence-corrected chi connectivity index (χ1v) is 13.6. The molecule has 0 spiro atoms. The fraction of sp³-hybridized carbons (Fsp3) is 0.139. The highest BCUT2D eigenvalue weighted by Crippen LogP contribution is 2.26. The molecule has 0 aromatic heterocycles. The molecule has 1 atom stereocenters. The van der Waals surface area contributed by atoms with Gasteiger partial charge in [0, 0.05) is 30.3 Å². The van der Waals surface area contributed by atoms with E-state index in [4.69, 9.17) is 0 Å². The molecule has 1 unspecified atom stereocenters. The number of hydrogen-bond donors (Lipinski definition) is 1. The Morgan fingerprint density at radius 2 is 1.33 bits per heavy atom. The molecule has 3 nitrogen and oxygen atoms in total. The molecular weight excluding hydrogens is 474 g/mol. The Morgan fingerprint density at radius 3 is 1.90 bits per heavy atom. The minimum absolute atomic E-state index is 0.552. The average molecular weight is 514 g/mol. The first-order valence-electron chi connectivity index (χ1n) is 13.6. The quantitative estimate of drug-likeness (QED) is 0.237. The number of nitrogens with one attached hydrogen (secondary N) is 1. The highest BCUT2D eigenvalue weighted by Gasteiger charge is 2.06. The van der Waals surface area contributed by atoms with Crippen LogP contribution in [0.3, 0.4) is 0 Å². The van der Waals surface area contributed by atoms with Crippen LogP contribution in [0.2, 0.25) is 0 Å². The van der Waals surface area contributed by atoms with Crippen LogP contribution < -0.4 is 10.2 Å². The summed E-state index contributed by atoms with van der Waals surface area (Å²) in [5.41, 5.74) is 5.41. The number of hydrogen-bond acceptors (Lipinski definition) is 3. The van der Waals surface area contributed by atoms with Gasteiger partial charge in [-0.3, -0.25) is 4.99 Å². The number of allylic oxidation sites excluding steroid dienone is 3. The molecule has 0 heterocycles. The van der Waals surface area contributed by atoms with E-state index >= 15 is 0 Å². The van der Waals surface area contributed by atoms with Crippen molar-refractivity contribution in [2.24, 2.45) is 10.9 Å². The molecule has 0 fully saturated rings. The third kappa shape index (κ3) is 9.64. The van der Waals surface area contributed by atoms with E-state index in [1.165, 1.54) is 0 Å². The van der Waals surface area contributed by atoms with Crippen LogP contribution in [-0.4, -0.2) is 12.8 Å². The lowest BCUT2D eigenvalue weighted by Gasteiger charge is -2.19. The van der Waals surface area contributed by atoms with Crippen LogP contribution in [0.25, 0.3) is 0 Å². The van der Waals surface area contributed by atoms with Gasteiger partial charge in [-0.15, -0.1) is 0 Å². The Kier molecular flexibility index (Phi) is 12.6. The number of anilines is 3. The van der Waals surface area contributed by atoms with E-state index in [-0.39, 0.29) is 0 Å². The first kappa shape index (κ1) is 28.9. The zero-order chi connectivity index (χ0) is 27.5. The van der Waals surface area contributed by atoms with E-state index in [0.29, 0.717) is 5.92 Å². The second-order valence-electron chi connectivity index (χ2n) is 8.60. The molecule has 0 radical (unpaired) electrons. The fourth-order valence-corrected chi connectivity index (χ4v) is 3.98. The van der Waals surface area contributed by atoms with Crippen molar-refractivity contribution in [1.82, 2.24) is 0 Å². The summed E-state index contributed by atoms with van der Waals surface area (Å²) in [6.07, 6.45) is 13.5. The van der Waals surface area contributed by atoms with E-state index in [1.54, 1.807) is 0 Å². The lowest BCUT2D eigenvalue weighted by atomic mass is 10.0. The van der Waals surface area contributed by atoms with Gasteiger partial charge in [0.1, 0.15) is 0 Å². The van der Waals surface area contributed by atoms with Crippen molar-refractivity contribution in [3.8, 4) is 0 Å². The van der Waals surface area contributed by atoms with Crippen LogP contribution in [0.1, 0.15) is 25.8 Å². The lowest BCUT2D eigenvalue weighted by Crippen LogP contribution is -2.12. The lowest BCUT2D eigenvalue weighted by molar-refractivity contribution is 0.692. The van der Waals surface area contributed by atoms with Crippen LogP contribution in [0.5, 0.6) is 0 Å². The predicted octanol–water partition coefficient (Wildman–Crippen LogP) is 9.98. The maximum absolute atomic E-state index is 4.62. The van der Waals surface area contributed by atoms with Gasteiger partial charge in [-0.05, 0) is 54.3 Å². The highest BCUT2D eigenvalue weighted by atomic mass is 15.1. The van der Waals surface area contributed by atoms with Gasteiger partial charge in [0.2, 0.25) is 0 Å². The van der Waals surface area contributed by atoms with E-state index in [2.05, 4.69) is 88.6 Å². The highest BCUT2D eigenvalue weighted by molar-refractivity contribution is 5.84. The Labute approximate surface area is 234 Å².